The second-order valence-electron chi connectivity index (χ2n) is 4.86. The van der Waals surface area contributed by atoms with E-state index in [-0.39, 0.29) is 5.69 Å². The molecule has 0 amide bonds. The third kappa shape index (κ3) is 2.34. The van der Waals surface area contributed by atoms with E-state index in [1.807, 2.05) is 24.3 Å². The summed E-state index contributed by atoms with van der Waals surface area (Å²) in [5, 5.41) is 14.9. The number of nitro benzene ring substituents is 1. The van der Waals surface area contributed by atoms with Crippen molar-refractivity contribution in [3.05, 3.63) is 58.6 Å². The number of aromatic nitrogens is 4. The van der Waals surface area contributed by atoms with Gasteiger partial charge in [0.25, 0.3) is 5.69 Å². The third-order valence-electron chi connectivity index (χ3n) is 3.44. The van der Waals surface area contributed by atoms with Crippen LogP contribution in [0.1, 0.15) is 0 Å². The number of para-hydroxylation sites is 2. The van der Waals surface area contributed by atoms with E-state index in [1.165, 1.54) is 23.7 Å². The standard InChI is InChI=1S/C15H9N5O2S/c21-20(22)10-7-5-9(6-8-10)13-14(23-19-18-13)15-16-11-3-1-2-4-12(11)17-15/h1-8H,(H,16,17). The van der Waals surface area contributed by atoms with Crippen molar-refractivity contribution in [1.82, 2.24) is 19.6 Å². The molecule has 7 nitrogen and oxygen atoms in total. The van der Waals surface area contributed by atoms with Gasteiger partial charge >= 0.3 is 0 Å². The Morgan fingerprint density at radius 3 is 2.61 bits per heavy atom. The van der Waals surface area contributed by atoms with Gasteiger partial charge in [0.05, 0.1) is 16.0 Å². The first-order valence-electron chi connectivity index (χ1n) is 6.74. The smallest absolute Gasteiger partial charge is 0.269 e. The summed E-state index contributed by atoms with van der Waals surface area (Å²) in [6, 6.07) is 14.0. The normalized spacial score (nSPS) is 11.0. The molecule has 0 atom stereocenters. The van der Waals surface area contributed by atoms with E-state index in [4.69, 9.17) is 0 Å². The van der Waals surface area contributed by atoms with Gasteiger partial charge in [0, 0.05) is 17.7 Å². The Labute approximate surface area is 133 Å². The van der Waals surface area contributed by atoms with Crippen molar-refractivity contribution in [1.29, 1.82) is 0 Å². The van der Waals surface area contributed by atoms with Gasteiger partial charge in [0.1, 0.15) is 10.6 Å². The Morgan fingerprint density at radius 2 is 1.87 bits per heavy atom. The molecule has 0 radical (unpaired) electrons. The summed E-state index contributed by atoms with van der Waals surface area (Å²) in [4.78, 5) is 18.9. The fraction of sp³-hybridized carbons (Fsp3) is 0. The van der Waals surface area contributed by atoms with Crippen molar-refractivity contribution >= 4 is 28.3 Å². The molecule has 0 saturated carbocycles. The van der Waals surface area contributed by atoms with Gasteiger partial charge in [0.2, 0.25) is 0 Å². The highest BCUT2D eigenvalue weighted by Crippen LogP contribution is 2.33. The second-order valence-corrected chi connectivity index (χ2v) is 5.61. The van der Waals surface area contributed by atoms with Crippen LogP contribution >= 0.6 is 11.5 Å². The number of non-ortho nitro benzene ring substituents is 1. The first-order chi connectivity index (χ1) is 11.2. The summed E-state index contributed by atoms with van der Waals surface area (Å²) in [5.74, 6) is 0.689. The minimum absolute atomic E-state index is 0.0437. The third-order valence-corrected chi connectivity index (χ3v) is 4.18. The average molecular weight is 323 g/mol. The molecule has 0 unspecified atom stereocenters. The second kappa shape index (κ2) is 5.25. The highest BCUT2D eigenvalue weighted by atomic mass is 32.1. The highest BCUT2D eigenvalue weighted by Gasteiger charge is 2.16. The molecule has 2 heterocycles. The quantitative estimate of drug-likeness (QED) is 0.458. The molecule has 0 aliphatic heterocycles. The monoisotopic (exact) mass is 323 g/mol. The first kappa shape index (κ1) is 13.5. The predicted octanol–water partition coefficient (Wildman–Crippen LogP) is 3.66. The van der Waals surface area contributed by atoms with Gasteiger partial charge in [-0.05, 0) is 35.8 Å². The molecule has 23 heavy (non-hydrogen) atoms. The molecule has 4 rings (SSSR count). The van der Waals surface area contributed by atoms with Crippen LogP contribution in [-0.4, -0.2) is 24.5 Å². The minimum Gasteiger partial charge on any atom is -0.337 e. The number of nitrogens with one attached hydrogen (secondary N) is 1. The van der Waals surface area contributed by atoms with Gasteiger partial charge in [-0.1, -0.05) is 16.6 Å². The average Bonchev–Trinajstić information content (AvgIpc) is 3.21. The molecule has 0 aliphatic carbocycles. The Morgan fingerprint density at radius 1 is 1.09 bits per heavy atom. The van der Waals surface area contributed by atoms with Gasteiger partial charge in [0.15, 0.2) is 5.82 Å². The SMILES string of the molecule is O=[N+]([O-])c1ccc(-c2nnsc2-c2nc3ccccc3[nH]2)cc1. The maximum atomic E-state index is 10.8. The Kier molecular flexibility index (Phi) is 3.09. The number of aromatic amines is 1. The van der Waals surface area contributed by atoms with E-state index in [1.54, 1.807) is 12.1 Å². The molecule has 4 aromatic rings. The maximum absolute atomic E-state index is 10.8. The summed E-state index contributed by atoms with van der Waals surface area (Å²) in [6.45, 7) is 0. The fourth-order valence-electron chi connectivity index (χ4n) is 2.34. The number of H-pyrrole nitrogens is 1. The van der Waals surface area contributed by atoms with Gasteiger partial charge < -0.3 is 4.98 Å². The van der Waals surface area contributed by atoms with Crippen LogP contribution < -0.4 is 0 Å². The summed E-state index contributed by atoms with van der Waals surface area (Å²) in [6.07, 6.45) is 0. The fourth-order valence-corrected chi connectivity index (χ4v) is 2.97. The van der Waals surface area contributed by atoms with Crippen molar-refractivity contribution in [2.24, 2.45) is 0 Å². The van der Waals surface area contributed by atoms with E-state index in [0.29, 0.717) is 11.5 Å². The molecule has 2 aromatic carbocycles. The van der Waals surface area contributed by atoms with E-state index in [9.17, 15) is 10.1 Å². The largest absolute Gasteiger partial charge is 0.337 e. The zero-order valence-corrected chi connectivity index (χ0v) is 12.4. The molecule has 0 spiro atoms. The number of nitro groups is 1. The highest BCUT2D eigenvalue weighted by molar-refractivity contribution is 7.09. The molecule has 0 fully saturated rings. The number of benzene rings is 2. The number of hydrogen-bond donors (Lipinski definition) is 1. The Bertz CT molecular complexity index is 973. The van der Waals surface area contributed by atoms with E-state index in [0.717, 1.165) is 21.5 Å². The molecule has 112 valence electrons. The van der Waals surface area contributed by atoms with Crippen LogP contribution in [0.25, 0.3) is 33.0 Å². The summed E-state index contributed by atoms with van der Waals surface area (Å²) in [7, 11) is 0. The van der Waals surface area contributed by atoms with E-state index >= 15 is 0 Å². The zero-order valence-electron chi connectivity index (χ0n) is 11.6. The maximum Gasteiger partial charge on any atom is 0.269 e. The molecule has 0 aliphatic rings. The van der Waals surface area contributed by atoms with Gasteiger partial charge in [-0.3, -0.25) is 10.1 Å². The predicted molar refractivity (Wildman–Crippen MR) is 87.1 cm³/mol. The van der Waals surface area contributed by atoms with Crippen LogP contribution in [-0.2, 0) is 0 Å². The lowest BCUT2D eigenvalue weighted by atomic mass is 10.1. The lowest BCUT2D eigenvalue weighted by Crippen LogP contribution is -1.88. The van der Waals surface area contributed by atoms with Crippen molar-refractivity contribution < 1.29 is 4.92 Å². The van der Waals surface area contributed by atoms with Crippen LogP contribution in [0.15, 0.2) is 48.5 Å². The van der Waals surface area contributed by atoms with Crippen LogP contribution in [0.3, 0.4) is 0 Å². The number of rotatable bonds is 3. The Hall–Kier alpha value is -3.13. The number of nitrogens with zero attached hydrogens (tertiary/aromatic N) is 4. The lowest BCUT2D eigenvalue weighted by molar-refractivity contribution is -0.384. The van der Waals surface area contributed by atoms with E-state index < -0.39 is 4.92 Å². The summed E-state index contributed by atoms with van der Waals surface area (Å²) < 4.78 is 4.00. The molecular formula is C15H9N5O2S. The van der Waals surface area contributed by atoms with Crippen LogP contribution in [0.2, 0.25) is 0 Å². The number of hydrogen-bond acceptors (Lipinski definition) is 6. The molecule has 1 N–H and O–H groups in total. The molecule has 0 saturated heterocycles. The number of imidazole rings is 1. The van der Waals surface area contributed by atoms with Crippen molar-refractivity contribution in [2.45, 2.75) is 0 Å². The Balaban J connectivity index is 1.80. The van der Waals surface area contributed by atoms with Crippen molar-refractivity contribution in [2.75, 3.05) is 0 Å². The van der Waals surface area contributed by atoms with Gasteiger partial charge in [-0.2, -0.15) is 0 Å². The lowest BCUT2D eigenvalue weighted by Gasteiger charge is -1.99. The first-order valence-corrected chi connectivity index (χ1v) is 7.52. The summed E-state index contributed by atoms with van der Waals surface area (Å²) >= 11 is 1.23. The van der Waals surface area contributed by atoms with Crippen LogP contribution in [0.5, 0.6) is 0 Å². The topological polar surface area (TPSA) is 97.6 Å². The van der Waals surface area contributed by atoms with Gasteiger partial charge in [-0.25, -0.2) is 4.98 Å². The summed E-state index contributed by atoms with van der Waals surface area (Å²) in [5.41, 5.74) is 3.27. The van der Waals surface area contributed by atoms with E-state index in [2.05, 4.69) is 19.6 Å². The zero-order chi connectivity index (χ0) is 15.8. The van der Waals surface area contributed by atoms with Gasteiger partial charge in [-0.15, -0.1) is 5.10 Å². The molecule has 8 heteroatoms. The molecule has 2 aromatic heterocycles. The van der Waals surface area contributed by atoms with Crippen molar-refractivity contribution in [3.8, 4) is 22.0 Å². The van der Waals surface area contributed by atoms with Crippen LogP contribution in [0.4, 0.5) is 5.69 Å². The van der Waals surface area contributed by atoms with Crippen LogP contribution in [0, 0.1) is 10.1 Å². The van der Waals surface area contributed by atoms with Crippen molar-refractivity contribution in [3.63, 3.8) is 0 Å². The number of fused-ring (bicyclic) bond motifs is 1. The molecular weight excluding hydrogens is 314 g/mol. The molecule has 0 bridgehead atoms. The minimum atomic E-state index is -0.427.